The number of likely N-dealkylation sites (N-methyl/N-ethyl adjacent to an activating group) is 1. The summed E-state index contributed by atoms with van der Waals surface area (Å²) in [6.45, 7) is 0.984. The van der Waals surface area contributed by atoms with Gasteiger partial charge in [0.1, 0.15) is 5.75 Å². The van der Waals surface area contributed by atoms with E-state index in [9.17, 15) is 18.7 Å². The smallest absolute Gasteiger partial charge is 0.387 e. The van der Waals surface area contributed by atoms with E-state index in [1.807, 2.05) is 6.92 Å². The van der Waals surface area contributed by atoms with Gasteiger partial charge in [0, 0.05) is 6.54 Å². The zero-order valence-electron chi connectivity index (χ0n) is 13.8. The monoisotopic (exact) mass is 342 g/mol. The Labute approximate surface area is 140 Å². The summed E-state index contributed by atoms with van der Waals surface area (Å²) in [6.07, 6.45) is 2.07. The molecule has 0 unspecified atom stereocenters. The molecule has 1 fully saturated rings. The van der Waals surface area contributed by atoms with Crippen LogP contribution in [0.5, 0.6) is 5.75 Å². The molecular formula is C17H24F2N2O3. The molecule has 0 aromatic heterocycles. The van der Waals surface area contributed by atoms with Crippen molar-refractivity contribution in [2.24, 2.45) is 0 Å². The molecule has 2 rings (SSSR count). The van der Waals surface area contributed by atoms with Crippen molar-refractivity contribution >= 4 is 5.91 Å². The van der Waals surface area contributed by atoms with Gasteiger partial charge in [-0.05, 0) is 43.6 Å². The second kappa shape index (κ2) is 8.94. The first-order chi connectivity index (χ1) is 11.5. The number of aliphatic hydroxyl groups excluding tert-OH is 1. The Bertz CT molecular complexity index is 525. The molecule has 2 atom stereocenters. The maximum absolute atomic E-state index is 12.3. The summed E-state index contributed by atoms with van der Waals surface area (Å²) < 4.78 is 28.5. The Hall–Kier alpha value is -1.73. The number of alkyl halides is 2. The SMILES string of the molecule is CCN1CCCC[C@@H]1C(=O)NC[C@H](O)c1ccc(OC(F)F)cc1. The molecule has 24 heavy (non-hydrogen) atoms. The molecule has 1 amide bonds. The minimum absolute atomic E-state index is 0.0331. The van der Waals surface area contributed by atoms with Crippen LogP contribution in [0.1, 0.15) is 37.9 Å². The zero-order chi connectivity index (χ0) is 17.5. The maximum Gasteiger partial charge on any atom is 0.387 e. The standard InChI is InChI=1S/C17H24F2N2O3/c1-2-21-10-4-3-5-14(21)16(23)20-11-15(22)12-6-8-13(9-7-12)24-17(18)19/h6-9,14-15,17,22H,2-5,10-11H2,1H3,(H,20,23)/t14-,15+/m1/s1. The highest BCUT2D eigenvalue weighted by Gasteiger charge is 2.27. The van der Waals surface area contributed by atoms with Crippen LogP contribution >= 0.6 is 0 Å². The summed E-state index contributed by atoms with van der Waals surface area (Å²) >= 11 is 0. The number of hydrogen-bond acceptors (Lipinski definition) is 4. The molecule has 0 aliphatic carbocycles. The van der Waals surface area contributed by atoms with E-state index in [-0.39, 0.29) is 24.2 Å². The third-order valence-corrected chi connectivity index (χ3v) is 4.28. The lowest BCUT2D eigenvalue weighted by Gasteiger charge is -2.33. The summed E-state index contributed by atoms with van der Waals surface area (Å²) in [5.74, 6) is -0.0426. The minimum atomic E-state index is -2.88. The number of benzene rings is 1. The van der Waals surface area contributed by atoms with Gasteiger partial charge in [0.25, 0.3) is 0 Å². The lowest BCUT2D eigenvalue weighted by atomic mass is 10.0. The van der Waals surface area contributed by atoms with Crippen molar-refractivity contribution in [3.05, 3.63) is 29.8 Å². The van der Waals surface area contributed by atoms with Crippen LogP contribution in [0.2, 0.25) is 0 Å². The fraction of sp³-hybridized carbons (Fsp3) is 0.588. The first-order valence-corrected chi connectivity index (χ1v) is 8.26. The fourth-order valence-electron chi connectivity index (χ4n) is 2.97. The molecule has 1 aliphatic heterocycles. The molecule has 1 aromatic carbocycles. The van der Waals surface area contributed by atoms with Gasteiger partial charge < -0.3 is 15.2 Å². The van der Waals surface area contributed by atoms with Crippen molar-refractivity contribution in [2.75, 3.05) is 19.6 Å². The van der Waals surface area contributed by atoms with E-state index in [1.54, 1.807) is 0 Å². The van der Waals surface area contributed by atoms with Gasteiger partial charge in [-0.1, -0.05) is 25.5 Å². The van der Waals surface area contributed by atoms with Gasteiger partial charge in [0.2, 0.25) is 5.91 Å². The average molecular weight is 342 g/mol. The average Bonchev–Trinajstić information content (AvgIpc) is 2.59. The van der Waals surface area contributed by atoms with E-state index < -0.39 is 12.7 Å². The van der Waals surface area contributed by atoms with Gasteiger partial charge >= 0.3 is 6.61 Å². The summed E-state index contributed by atoms with van der Waals surface area (Å²) in [7, 11) is 0. The van der Waals surface area contributed by atoms with Gasteiger partial charge in [-0.2, -0.15) is 8.78 Å². The highest BCUT2D eigenvalue weighted by molar-refractivity contribution is 5.81. The molecule has 7 heteroatoms. The summed E-state index contributed by atoms with van der Waals surface area (Å²) in [5.41, 5.74) is 0.535. The predicted octanol–water partition coefficient (Wildman–Crippen LogP) is 2.31. The van der Waals surface area contributed by atoms with Crippen LogP contribution in [-0.2, 0) is 4.79 Å². The largest absolute Gasteiger partial charge is 0.435 e. The number of ether oxygens (including phenoxy) is 1. The number of aliphatic hydroxyl groups is 1. The zero-order valence-corrected chi connectivity index (χ0v) is 13.8. The number of halogens is 2. The van der Waals surface area contributed by atoms with Crippen LogP contribution in [0.4, 0.5) is 8.78 Å². The topological polar surface area (TPSA) is 61.8 Å². The van der Waals surface area contributed by atoms with E-state index in [0.29, 0.717) is 5.56 Å². The highest BCUT2D eigenvalue weighted by Crippen LogP contribution is 2.20. The van der Waals surface area contributed by atoms with Gasteiger partial charge in [-0.25, -0.2) is 0 Å². The van der Waals surface area contributed by atoms with Gasteiger partial charge in [0.15, 0.2) is 0 Å². The van der Waals surface area contributed by atoms with E-state index in [2.05, 4.69) is 15.0 Å². The molecule has 134 valence electrons. The Morgan fingerprint density at radius 1 is 1.38 bits per heavy atom. The van der Waals surface area contributed by atoms with E-state index >= 15 is 0 Å². The third kappa shape index (κ3) is 5.14. The van der Waals surface area contributed by atoms with Gasteiger partial charge in [0.05, 0.1) is 12.1 Å². The number of likely N-dealkylation sites (tertiary alicyclic amines) is 1. The molecule has 1 aromatic rings. The third-order valence-electron chi connectivity index (χ3n) is 4.28. The molecule has 1 aliphatic rings. The lowest BCUT2D eigenvalue weighted by molar-refractivity contribution is -0.128. The molecular weight excluding hydrogens is 318 g/mol. The fourth-order valence-corrected chi connectivity index (χ4v) is 2.97. The van der Waals surface area contributed by atoms with Crippen molar-refractivity contribution in [1.29, 1.82) is 0 Å². The molecule has 0 bridgehead atoms. The van der Waals surface area contributed by atoms with Crippen molar-refractivity contribution in [3.63, 3.8) is 0 Å². The Morgan fingerprint density at radius 2 is 2.08 bits per heavy atom. The summed E-state index contributed by atoms with van der Waals surface area (Å²) in [6, 6.07) is 5.61. The van der Waals surface area contributed by atoms with Crippen molar-refractivity contribution in [3.8, 4) is 5.75 Å². The molecule has 0 saturated carbocycles. The second-order valence-corrected chi connectivity index (χ2v) is 5.85. The van der Waals surface area contributed by atoms with Crippen LogP contribution in [0, 0.1) is 0 Å². The van der Waals surface area contributed by atoms with Crippen LogP contribution in [0.25, 0.3) is 0 Å². The van der Waals surface area contributed by atoms with Gasteiger partial charge in [-0.15, -0.1) is 0 Å². The predicted molar refractivity (Wildman–Crippen MR) is 85.9 cm³/mol. The number of carbonyl (C=O) groups excluding carboxylic acids is 1. The quantitative estimate of drug-likeness (QED) is 0.798. The first-order valence-electron chi connectivity index (χ1n) is 8.26. The molecule has 1 heterocycles. The Morgan fingerprint density at radius 3 is 2.71 bits per heavy atom. The van der Waals surface area contributed by atoms with Crippen molar-refractivity contribution in [2.45, 2.75) is 44.9 Å². The summed E-state index contributed by atoms with van der Waals surface area (Å²) in [4.78, 5) is 14.5. The Kier molecular flexibility index (Phi) is 6.93. The number of carbonyl (C=O) groups is 1. The molecule has 1 saturated heterocycles. The minimum Gasteiger partial charge on any atom is -0.435 e. The van der Waals surface area contributed by atoms with E-state index in [1.165, 1.54) is 24.3 Å². The lowest BCUT2D eigenvalue weighted by Crippen LogP contribution is -2.49. The number of amides is 1. The molecule has 0 spiro atoms. The van der Waals surface area contributed by atoms with Crippen LogP contribution < -0.4 is 10.1 Å². The normalized spacial score (nSPS) is 20.0. The van der Waals surface area contributed by atoms with E-state index in [4.69, 9.17) is 0 Å². The van der Waals surface area contributed by atoms with Crippen molar-refractivity contribution in [1.82, 2.24) is 10.2 Å². The van der Waals surface area contributed by atoms with Crippen LogP contribution in [0.15, 0.2) is 24.3 Å². The van der Waals surface area contributed by atoms with Crippen LogP contribution in [0.3, 0.4) is 0 Å². The Balaban J connectivity index is 1.85. The second-order valence-electron chi connectivity index (χ2n) is 5.85. The first kappa shape index (κ1) is 18.6. The summed E-state index contributed by atoms with van der Waals surface area (Å²) in [5, 5.41) is 12.9. The number of nitrogens with one attached hydrogen (secondary N) is 1. The highest BCUT2D eigenvalue weighted by atomic mass is 19.3. The number of hydrogen-bond donors (Lipinski definition) is 2. The van der Waals surface area contributed by atoms with E-state index in [0.717, 1.165) is 32.4 Å². The van der Waals surface area contributed by atoms with Gasteiger partial charge in [-0.3, -0.25) is 9.69 Å². The van der Waals surface area contributed by atoms with Crippen molar-refractivity contribution < 1.29 is 23.4 Å². The number of rotatable bonds is 7. The number of nitrogens with zero attached hydrogens (tertiary/aromatic N) is 1. The molecule has 2 N–H and O–H groups in total. The molecule has 5 nitrogen and oxygen atoms in total. The molecule has 0 radical (unpaired) electrons. The number of piperidine rings is 1. The maximum atomic E-state index is 12.3. The van der Waals surface area contributed by atoms with Crippen LogP contribution in [-0.4, -0.2) is 48.2 Å².